The van der Waals surface area contributed by atoms with Crippen molar-refractivity contribution in [3.05, 3.63) is 65.6 Å². The normalized spacial score (nSPS) is 21.0. The number of halogens is 1. The van der Waals surface area contributed by atoms with Crippen molar-refractivity contribution in [1.29, 1.82) is 0 Å². The van der Waals surface area contributed by atoms with E-state index < -0.39 is 0 Å². The maximum Gasteiger partial charge on any atom is 0.286 e. The molecule has 1 fully saturated rings. The first-order chi connectivity index (χ1) is 13.6. The summed E-state index contributed by atoms with van der Waals surface area (Å²) < 4.78 is 19.5. The Hall–Kier alpha value is -2.93. The number of aryl methyl sites for hydroxylation is 1. The summed E-state index contributed by atoms with van der Waals surface area (Å²) >= 11 is 1.08. The number of imide groups is 1. The monoisotopic (exact) mass is 394 g/mol. The highest BCUT2D eigenvalue weighted by atomic mass is 32.2. The summed E-state index contributed by atoms with van der Waals surface area (Å²) in [5.41, 5.74) is 2.75. The maximum atomic E-state index is 13.4. The van der Waals surface area contributed by atoms with Gasteiger partial charge in [0.2, 0.25) is 5.91 Å². The van der Waals surface area contributed by atoms with E-state index in [4.69, 9.17) is 4.74 Å². The van der Waals surface area contributed by atoms with E-state index in [0.717, 1.165) is 41.1 Å². The topological polar surface area (TPSA) is 68.3 Å². The van der Waals surface area contributed by atoms with Crippen LogP contribution in [-0.2, 0) is 11.2 Å². The molecule has 1 aromatic heterocycles. The van der Waals surface area contributed by atoms with E-state index in [2.05, 4.69) is 10.3 Å². The van der Waals surface area contributed by atoms with E-state index in [9.17, 15) is 14.0 Å². The van der Waals surface area contributed by atoms with Gasteiger partial charge in [-0.3, -0.25) is 19.9 Å². The predicted molar refractivity (Wildman–Crippen MR) is 104 cm³/mol. The Kier molecular flexibility index (Phi) is 4.05. The number of thioether (sulfide) groups is 1. The second kappa shape index (κ2) is 6.60. The van der Waals surface area contributed by atoms with Crippen molar-refractivity contribution in [2.75, 3.05) is 0 Å². The number of hydrogen-bond acceptors (Lipinski definition) is 5. The Morgan fingerprint density at radius 3 is 2.86 bits per heavy atom. The lowest BCUT2D eigenvalue weighted by molar-refractivity contribution is -0.119. The minimum Gasteiger partial charge on any atom is -0.457 e. The number of hydrogen-bond donors (Lipinski definition) is 1. The lowest BCUT2D eigenvalue weighted by atomic mass is 9.97. The summed E-state index contributed by atoms with van der Waals surface area (Å²) in [6.45, 7) is 0. The third-order valence-corrected chi connectivity index (χ3v) is 6.33. The number of carbonyl (C=O) groups excluding carboxylic acids is 2. The highest BCUT2D eigenvalue weighted by Gasteiger charge is 2.41. The maximum absolute atomic E-state index is 13.4. The SMILES string of the molecule is O=C1NC(=O)C([C@@H]2CCc3cc(Oc4ccnc5cc(F)ccc45)ccc32)S1. The summed E-state index contributed by atoms with van der Waals surface area (Å²) in [4.78, 5) is 27.7. The molecule has 7 heteroatoms. The average molecular weight is 394 g/mol. The second-order valence-electron chi connectivity index (χ2n) is 6.89. The molecule has 5 nitrogen and oxygen atoms in total. The van der Waals surface area contributed by atoms with Gasteiger partial charge in [-0.15, -0.1) is 0 Å². The molecule has 2 aromatic carbocycles. The highest BCUT2D eigenvalue weighted by Crippen LogP contribution is 2.43. The fourth-order valence-corrected chi connectivity index (χ4v) is 4.95. The summed E-state index contributed by atoms with van der Waals surface area (Å²) in [5.74, 6) is 0.772. The Labute approximate surface area is 164 Å². The molecule has 140 valence electrons. The minimum absolute atomic E-state index is 0.0326. The number of ether oxygens (including phenoxy) is 1. The smallest absolute Gasteiger partial charge is 0.286 e. The van der Waals surface area contributed by atoms with Gasteiger partial charge in [-0.2, -0.15) is 0 Å². The third kappa shape index (κ3) is 2.92. The van der Waals surface area contributed by atoms with Crippen molar-refractivity contribution in [2.45, 2.75) is 24.0 Å². The molecule has 0 bridgehead atoms. The Bertz CT molecular complexity index is 1130. The Morgan fingerprint density at radius 1 is 1.14 bits per heavy atom. The summed E-state index contributed by atoms with van der Waals surface area (Å²) in [7, 11) is 0. The molecule has 2 atom stereocenters. The molecule has 1 N–H and O–H groups in total. The van der Waals surface area contributed by atoms with Gasteiger partial charge in [-0.05, 0) is 54.3 Å². The van der Waals surface area contributed by atoms with Crippen LogP contribution in [0.1, 0.15) is 23.5 Å². The molecule has 3 aromatic rings. The van der Waals surface area contributed by atoms with Gasteiger partial charge in [0.05, 0.1) is 5.52 Å². The number of nitrogens with one attached hydrogen (secondary N) is 1. The molecule has 2 aliphatic rings. The fourth-order valence-electron chi connectivity index (χ4n) is 3.95. The minimum atomic E-state index is -0.362. The second-order valence-corrected chi connectivity index (χ2v) is 8.01. The Balaban J connectivity index is 1.43. The van der Waals surface area contributed by atoms with Crippen molar-refractivity contribution in [3.8, 4) is 11.5 Å². The van der Waals surface area contributed by atoms with Gasteiger partial charge in [0.1, 0.15) is 22.6 Å². The van der Waals surface area contributed by atoms with Crippen LogP contribution in [0.4, 0.5) is 9.18 Å². The van der Waals surface area contributed by atoms with Crippen molar-refractivity contribution in [3.63, 3.8) is 0 Å². The third-order valence-electron chi connectivity index (χ3n) is 5.21. The first kappa shape index (κ1) is 17.2. The number of aromatic nitrogens is 1. The molecule has 0 saturated carbocycles. The zero-order chi connectivity index (χ0) is 19.3. The van der Waals surface area contributed by atoms with Gasteiger partial charge in [-0.1, -0.05) is 17.8 Å². The average Bonchev–Trinajstić information content (AvgIpc) is 3.23. The van der Waals surface area contributed by atoms with Crippen molar-refractivity contribution in [2.24, 2.45) is 0 Å². The van der Waals surface area contributed by atoms with Crippen LogP contribution < -0.4 is 10.1 Å². The van der Waals surface area contributed by atoms with Gasteiger partial charge in [0.15, 0.2) is 0 Å². The summed E-state index contributed by atoms with van der Waals surface area (Å²) in [6.07, 6.45) is 3.25. The van der Waals surface area contributed by atoms with Crippen LogP contribution in [0.2, 0.25) is 0 Å². The fraction of sp³-hybridized carbons (Fsp3) is 0.190. The van der Waals surface area contributed by atoms with Crippen molar-refractivity contribution >= 4 is 33.8 Å². The van der Waals surface area contributed by atoms with E-state index in [1.54, 1.807) is 18.3 Å². The molecule has 1 aliphatic carbocycles. The number of benzene rings is 2. The molecule has 2 heterocycles. The summed E-state index contributed by atoms with van der Waals surface area (Å²) in [6, 6.07) is 12.0. The van der Waals surface area contributed by atoms with Crippen LogP contribution >= 0.6 is 11.8 Å². The standard InChI is InChI=1S/C21H15FN2O3S/c22-12-2-5-16-17(10-12)23-8-7-18(16)27-13-3-6-14-11(9-13)1-4-15(14)19-20(25)24-21(26)28-19/h2-3,5-10,15,19H,1,4H2,(H,24,25,26)/t15-,19?/m1/s1. The molecule has 2 amide bonds. The predicted octanol–water partition coefficient (Wildman–Crippen LogP) is 4.55. The first-order valence-electron chi connectivity index (χ1n) is 8.95. The molecule has 1 aliphatic heterocycles. The van der Waals surface area contributed by atoms with Gasteiger partial charge in [0.25, 0.3) is 5.24 Å². The quantitative estimate of drug-likeness (QED) is 0.706. The molecule has 0 radical (unpaired) electrons. The van der Waals surface area contributed by atoms with Crippen LogP contribution in [0.15, 0.2) is 48.7 Å². The van der Waals surface area contributed by atoms with Gasteiger partial charge < -0.3 is 4.74 Å². The number of amides is 2. The Morgan fingerprint density at radius 2 is 2.04 bits per heavy atom. The van der Waals surface area contributed by atoms with Gasteiger partial charge in [-0.25, -0.2) is 4.39 Å². The lowest BCUT2D eigenvalue weighted by Gasteiger charge is -2.16. The summed E-state index contributed by atoms with van der Waals surface area (Å²) in [5, 5.41) is 2.47. The molecule has 0 spiro atoms. The molecular weight excluding hydrogens is 379 g/mol. The highest BCUT2D eigenvalue weighted by molar-refractivity contribution is 8.15. The zero-order valence-electron chi connectivity index (χ0n) is 14.6. The van der Waals surface area contributed by atoms with E-state index >= 15 is 0 Å². The van der Waals surface area contributed by atoms with Crippen LogP contribution in [0, 0.1) is 5.82 Å². The number of nitrogens with zero attached hydrogens (tertiary/aromatic N) is 1. The first-order valence-corrected chi connectivity index (χ1v) is 9.83. The van der Waals surface area contributed by atoms with E-state index in [1.165, 1.54) is 12.1 Å². The number of rotatable bonds is 3. The lowest BCUT2D eigenvalue weighted by Crippen LogP contribution is -2.27. The van der Waals surface area contributed by atoms with Crippen molar-refractivity contribution in [1.82, 2.24) is 10.3 Å². The van der Waals surface area contributed by atoms with Crippen LogP contribution in [0.3, 0.4) is 0 Å². The molecular formula is C21H15FN2O3S. The van der Waals surface area contributed by atoms with E-state index in [-0.39, 0.29) is 28.1 Å². The van der Waals surface area contributed by atoms with Crippen LogP contribution in [0.25, 0.3) is 10.9 Å². The van der Waals surface area contributed by atoms with E-state index in [1.807, 2.05) is 18.2 Å². The zero-order valence-corrected chi connectivity index (χ0v) is 15.5. The van der Waals surface area contributed by atoms with Gasteiger partial charge >= 0.3 is 0 Å². The van der Waals surface area contributed by atoms with Crippen molar-refractivity contribution < 1.29 is 18.7 Å². The number of fused-ring (bicyclic) bond motifs is 2. The molecule has 1 saturated heterocycles. The number of pyridine rings is 1. The number of carbonyl (C=O) groups is 2. The van der Waals surface area contributed by atoms with E-state index in [0.29, 0.717) is 17.0 Å². The largest absolute Gasteiger partial charge is 0.457 e. The molecule has 28 heavy (non-hydrogen) atoms. The molecule has 5 rings (SSSR count). The molecule has 1 unspecified atom stereocenters. The van der Waals surface area contributed by atoms with Crippen LogP contribution in [0.5, 0.6) is 11.5 Å². The van der Waals surface area contributed by atoms with Crippen LogP contribution in [-0.4, -0.2) is 21.4 Å². The van der Waals surface area contributed by atoms with Gasteiger partial charge in [0, 0.05) is 23.6 Å².